The van der Waals surface area contributed by atoms with Crippen molar-refractivity contribution in [1.29, 1.82) is 0 Å². The highest BCUT2D eigenvalue weighted by molar-refractivity contribution is 5.76. The molecule has 1 rings (SSSR count). The van der Waals surface area contributed by atoms with Crippen LogP contribution in [0.4, 0.5) is 0 Å². The first-order chi connectivity index (χ1) is 9.10. The van der Waals surface area contributed by atoms with Gasteiger partial charge in [-0.05, 0) is 58.8 Å². The third-order valence-electron chi connectivity index (χ3n) is 3.82. The lowest BCUT2D eigenvalue weighted by Gasteiger charge is -2.37. The summed E-state index contributed by atoms with van der Waals surface area (Å²) in [6, 6.07) is 0.363. The molecule has 1 aliphatic rings. The van der Waals surface area contributed by atoms with E-state index in [9.17, 15) is 9.59 Å². The van der Waals surface area contributed by atoms with Gasteiger partial charge < -0.3 is 14.8 Å². The first-order valence-electron chi connectivity index (χ1n) is 7.54. The molecule has 0 saturated heterocycles. The summed E-state index contributed by atoms with van der Waals surface area (Å²) in [6.07, 6.45) is 4.79. The second-order valence-corrected chi connectivity index (χ2v) is 7.43. The molecule has 0 spiro atoms. The average molecular weight is 283 g/mol. The SMILES string of the molecule is CC(=O)CC1(C)CCC(NCC(=O)OC(C)(C)C)CC1. The predicted octanol–water partition coefficient (Wildman–Crippen LogP) is 2.85. The van der Waals surface area contributed by atoms with Gasteiger partial charge in [-0.15, -0.1) is 0 Å². The Morgan fingerprint density at radius 3 is 2.25 bits per heavy atom. The number of carbonyl (C=O) groups excluding carboxylic acids is 2. The first kappa shape index (κ1) is 17.2. The van der Waals surface area contributed by atoms with Crippen LogP contribution in [0, 0.1) is 5.41 Å². The van der Waals surface area contributed by atoms with E-state index in [-0.39, 0.29) is 23.7 Å². The number of ether oxygens (including phenoxy) is 1. The molecule has 1 aliphatic carbocycles. The fraction of sp³-hybridized carbons (Fsp3) is 0.875. The van der Waals surface area contributed by atoms with Crippen LogP contribution in [-0.2, 0) is 14.3 Å². The highest BCUT2D eigenvalue weighted by atomic mass is 16.6. The Bertz CT molecular complexity index is 349. The third kappa shape index (κ3) is 6.51. The molecule has 116 valence electrons. The summed E-state index contributed by atoms with van der Waals surface area (Å²) < 4.78 is 5.28. The van der Waals surface area contributed by atoms with Crippen LogP contribution in [-0.4, -0.2) is 29.9 Å². The molecule has 0 amide bonds. The van der Waals surface area contributed by atoms with Crippen LogP contribution in [0.2, 0.25) is 0 Å². The summed E-state index contributed by atoms with van der Waals surface area (Å²) in [6.45, 7) is 9.75. The van der Waals surface area contributed by atoms with Gasteiger partial charge in [-0.2, -0.15) is 0 Å². The van der Waals surface area contributed by atoms with Crippen LogP contribution in [0.15, 0.2) is 0 Å². The lowest BCUT2D eigenvalue weighted by Crippen LogP contribution is -2.41. The number of ketones is 1. The molecule has 0 heterocycles. The quantitative estimate of drug-likeness (QED) is 0.788. The van der Waals surface area contributed by atoms with Crippen molar-refractivity contribution < 1.29 is 14.3 Å². The number of hydrogen-bond acceptors (Lipinski definition) is 4. The molecule has 1 fully saturated rings. The van der Waals surface area contributed by atoms with Gasteiger partial charge in [0, 0.05) is 12.5 Å². The molecule has 0 aromatic rings. The molecule has 4 heteroatoms. The van der Waals surface area contributed by atoms with Gasteiger partial charge in [0.2, 0.25) is 0 Å². The van der Waals surface area contributed by atoms with Crippen LogP contribution in [0.5, 0.6) is 0 Å². The number of hydrogen-bond donors (Lipinski definition) is 1. The third-order valence-corrected chi connectivity index (χ3v) is 3.82. The molecule has 0 bridgehead atoms. The molecule has 0 aromatic carbocycles. The summed E-state index contributed by atoms with van der Waals surface area (Å²) >= 11 is 0. The average Bonchev–Trinajstić information content (AvgIpc) is 2.24. The maximum absolute atomic E-state index is 11.6. The van der Waals surface area contributed by atoms with E-state index in [0.717, 1.165) is 25.7 Å². The number of Topliss-reactive ketones (excluding diaryl/α,β-unsaturated/α-hetero) is 1. The predicted molar refractivity (Wildman–Crippen MR) is 79.5 cm³/mol. The van der Waals surface area contributed by atoms with E-state index in [0.29, 0.717) is 12.5 Å². The zero-order valence-corrected chi connectivity index (χ0v) is 13.5. The number of esters is 1. The molecular formula is C16H29NO3. The van der Waals surface area contributed by atoms with Gasteiger partial charge >= 0.3 is 5.97 Å². The topological polar surface area (TPSA) is 55.4 Å². The van der Waals surface area contributed by atoms with Crippen molar-refractivity contribution in [3.8, 4) is 0 Å². The summed E-state index contributed by atoms with van der Waals surface area (Å²) in [4.78, 5) is 22.9. The van der Waals surface area contributed by atoms with Crippen LogP contribution in [0.25, 0.3) is 0 Å². The Labute approximate surface area is 122 Å². The monoisotopic (exact) mass is 283 g/mol. The molecule has 0 aliphatic heterocycles. The van der Waals surface area contributed by atoms with Crippen LogP contribution < -0.4 is 5.32 Å². The zero-order valence-electron chi connectivity index (χ0n) is 13.5. The van der Waals surface area contributed by atoms with Crippen molar-refractivity contribution in [3.63, 3.8) is 0 Å². The molecule has 20 heavy (non-hydrogen) atoms. The van der Waals surface area contributed by atoms with E-state index in [4.69, 9.17) is 4.74 Å². The Balaban J connectivity index is 2.29. The van der Waals surface area contributed by atoms with Gasteiger partial charge in [0.15, 0.2) is 0 Å². The molecule has 4 nitrogen and oxygen atoms in total. The first-order valence-corrected chi connectivity index (χ1v) is 7.54. The summed E-state index contributed by atoms with van der Waals surface area (Å²) in [5.74, 6) is 0.0715. The van der Waals surface area contributed by atoms with E-state index in [1.54, 1.807) is 6.92 Å². The van der Waals surface area contributed by atoms with Crippen molar-refractivity contribution in [2.75, 3.05) is 6.54 Å². The minimum Gasteiger partial charge on any atom is -0.459 e. The summed E-state index contributed by atoms with van der Waals surface area (Å²) in [5, 5.41) is 3.28. The van der Waals surface area contributed by atoms with Gasteiger partial charge in [-0.3, -0.25) is 4.79 Å². The second-order valence-electron chi connectivity index (χ2n) is 7.43. The van der Waals surface area contributed by atoms with Gasteiger partial charge in [0.05, 0.1) is 6.54 Å². The largest absolute Gasteiger partial charge is 0.459 e. The number of rotatable bonds is 5. The Morgan fingerprint density at radius 2 is 1.80 bits per heavy atom. The highest BCUT2D eigenvalue weighted by Crippen LogP contribution is 2.38. The maximum Gasteiger partial charge on any atom is 0.320 e. The van der Waals surface area contributed by atoms with Crippen molar-refractivity contribution in [1.82, 2.24) is 5.32 Å². The van der Waals surface area contributed by atoms with Gasteiger partial charge in [0.25, 0.3) is 0 Å². The van der Waals surface area contributed by atoms with E-state index < -0.39 is 5.60 Å². The minimum absolute atomic E-state index is 0.149. The van der Waals surface area contributed by atoms with E-state index >= 15 is 0 Å². The fourth-order valence-corrected chi connectivity index (χ4v) is 2.90. The van der Waals surface area contributed by atoms with Crippen molar-refractivity contribution in [3.05, 3.63) is 0 Å². The summed E-state index contributed by atoms with van der Waals surface area (Å²) in [5.41, 5.74) is -0.276. The summed E-state index contributed by atoms with van der Waals surface area (Å²) in [7, 11) is 0. The number of nitrogens with one attached hydrogen (secondary N) is 1. The molecule has 0 atom stereocenters. The highest BCUT2D eigenvalue weighted by Gasteiger charge is 2.32. The van der Waals surface area contributed by atoms with Crippen molar-refractivity contribution in [2.24, 2.45) is 5.41 Å². The zero-order chi connectivity index (χ0) is 15.4. The molecule has 0 radical (unpaired) electrons. The van der Waals surface area contributed by atoms with Gasteiger partial charge in [0.1, 0.15) is 11.4 Å². The minimum atomic E-state index is -0.425. The lowest BCUT2D eigenvalue weighted by molar-refractivity contribution is -0.153. The van der Waals surface area contributed by atoms with E-state index in [1.807, 2.05) is 20.8 Å². The van der Waals surface area contributed by atoms with Crippen molar-refractivity contribution >= 4 is 11.8 Å². The van der Waals surface area contributed by atoms with E-state index in [1.165, 1.54) is 0 Å². The fourth-order valence-electron chi connectivity index (χ4n) is 2.90. The van der Waals surface area contributed by atoms with Gasteiger partial charge in [-0.1, -0.05) is 6.92 Å². The van der Waals surface area contributed by atoms with Crippen molar-refractivity contribution in [2.45, 2.75) is 78.4 Å². The standard InChI is InChI=1S/C16H29NO3/c1-12(18)10-16(5)8-6-13(7-9-16)17-11-14(19)20-15(2,3)4/h13,17H,6-11H2,1-5H3. The molecular weight excluding hydrogens is 254 g/mol. The maximum atomic E-state index is 11.6. The van der Waals surface area contributed by atoms with Gasteiger partial charge in [-0.25, -0.2) is 0 Å². The Morgan fingerprint density at radius 1 is 1.25 bits per heavy atom. The van der Waals surface area contributed by atoms with Crippen LogP contribution in [0.1, 0.15) is 66.7 Å². The molecule has 0 aromatic heterocycles. The Hall–Kier alpha value is -0.900. The van der Waals surface area contributed by atoms with E-state index in [2.05, 4.69) is 12.2 Å². The van der Waals surface area contributed by atoms with Crippen LogP contribution >= 0.6 is 0 Å². The lowest BCUT2D eigenvalue weighted by atomic mass is 9.71. The molecule has 1 saturated carbocycles. The Kier molecular flexibility index (Phi) is 5.75. The normalized spacial score (nSPS) is 27.1. The smallest absolute Gasteiger partial charge is 0.320 e. The molecule has 1 N–H and O–H groups in total. The number of carbonyl (C=O) groups is 2. The molecule has 0 unspecified atom stereocenters. The van der Waals surface area contributed by atoms with Crippen LogP contribution in [0.3, 0.4) is 0 Å². The second kappa shape index (κ2) is 6.70.